The van der Waals surface area contributed by atoms with Gasteiger partial charge in [0.2, 0.25) is 0 Å². The van der Waals surface area contributed by atoms with Crippen LogP contribution in [0.3, 0.4) is 0 Å². The molecule has 6 heteroatoms. The standard InChI is InChI=1S/C28H28ClN3O2/c1-5-31(6-2)19-14-15-21(23(29)17-19)28(22-12-10-16-30-26(22)27(33)34-28)25-18(4)32(7-3)24-13-9-8-11-20(24)25/h8-17H,5-7H2,1-4H3. The number of fused-ring (bicyclic) bond motifs is 2. The van der Waals surface area contributed by atoms with Crippen molar-refractivity contribution in [1.29, 1.82) is 0 Å². The third kappa shape index (κ3) is 3.07. The zero-order chi connectivity index (χ0) is 24.0. The summed E-state index contributed by atoms with van der Waals surface area (Å²) >= 11 is 7.02. The normalized spacial score (nSPS) is 17.1. The molecule has 0 fully saturated rings. The Labute approximate surface area is 204 Å². The van der Waals surface area contributed by atoms with Crippen LogP contribution in [0.2, 0.25) is 5.02 Å². The maximum atomic E-state index is 13.2. The lowest BCUT2D eigenvalue weighted by atomic mass is 9.79. The van der Waals surface area contributed by atoms with Crippen LogP contribution < -0.4 is 4.90 Å². The molecule has 2 aromatic carbocycles. The van der Waals surface area contributed by atoms with Gasteiger partial charge in [0, 0.05) is 64.8 Å². The van der Waals surface area contributed by atoms with Crippen LogP contribution in [0.15, 0.2) is 60.8 Å². The number of carbonyl (C=O) groups is 1. The molecule has 0 radical (unpaired) electrons. The Hall–Kier alpha value is -3.31. The number of aryl methyl sites for hydroxylation is 1. The minimum Gasteiger partial charge on any atom is -0.439 e. The maximum absolute atomic E-state index is 13.2. The van der Waals surface area contributed by atoms with Gasteiger partial charge >= 0.3 is 5.97 Å². The molecule has 1 aliphatic rings. The first-order chi connectivity index (χ1) is 16.5. The smallest absolute Gasteiger partial charge is 0.358 e. The molecule has 1 unspecified atom stereocenters. The van der Waals surface area contributed by atoms with Crippen molar-refractivity contribution in [3.63, 3.8) is 0 Å². The Morgan fingerprint density at radius 1 is 1.03 bits per heavy atom. The molecule has 1 atom stereocenters. The van der Waals surface area contributed by atoms with Crippen molar-refractivity contribution in [2.45, 2.75) is 39.8 Å². The Kier molecular flexibility index (Phi) is 5.61. The van der Waals surface area contributed by atoms with E-state index in [1.165, 1.54) is 0 Å². The number of carbonyl (C=O) groups excluding carboxylic acids is 1. The highest BCUT2D eigenvalue weighted by Crippen LogP contribution is 2.52. The molecule has 174 valence electrons. The van der Waals surface area contributed by atoms with Gasteiger partial charge in [-0.1, -0.05) is 41.9 Å². The second kappa shape index (κ2) is 8.48. The topological polar surface area (TPSA) is 47.4 Å². The van der Waals surface area contributed by atoms with E-state index in [-0.39, 0.29) is 0 Å². The number of rotatable bonds is 6. The van der Waals surface area contributed by atoms with Crippen molar-refractivity contribution in [2.75, 3.05) is 18.0 Å². The number of benzene rings is 2. The molecule has 0 amide bonds. The van der Waals surface area contributed by atoms with E-state index >= 15 is 0 Å². The van der Waals surface area contributed by atoms with Crippen LogP contribution in [-0.2, 0) is 16.9 Å². The second-order valence-electron chi connectivity index (χ2n) is 8.53. The number of para-hydroxylation sites is 1. The molecule has 34 heavy (non-hydrogen) atoms. The Balaban J connectivity index is 1.88. The van der Waals surface area contributed by atoms with Crippen molar-refractivity contribution in [2.24, 2.45) is 0 Å². The van der Waals surface area contributed by atoms with Crippen molar-refractivity contribution < 1.29 is 9.53 Å². The molecule has 0 bridgehead atoms. The van der Waals surface area contributed by atoms with Gasteiger partial charge in [0.1, 0.15) is 0 Å². The predicted molar refractivity (Wildman–Crippen MR) is 137 cm³/mol. The Morgan fingerprint density at radius 2 is 1.79 bits per heavy atom. The third-order valence-corrected chi connectivity index (χ3v) is 7.30. The average molecular weight is 474 g/mol. The summed E-state index contributed by atoms with van der Waals surface area (Å²) in [6, 6.07) is 18.1. The lowest BCUT2D eigenvalue weighted by molar-refractivity contribution is 0.0251. The minimum atomic E-state index is -1.19. The van der Waals surface area contributed by atoms with Crippen LogP contribution in [0, 0.1) is 6.92 Å². The number of pyridine rings is 1. The zero-order valence-corrected chi connectivity index (χ0v) is 20.7. The van der Waals surface area contributed by atoms with Gasteiger partial charge in [-0.25, -0.2) is 9.78 Å². The summed E-state index contributed by atoms with van der Waals surface area (Å²) in [4.78, 5) is 19.8. The Morgan fingerprint density at radius 3 is 2.50 bits per heavy atom. The molecule has 1 aliphatic heterocycles. The highest BCUT2D eigenvalue weighted by atomic mass is 35.5. The van der Waals surface area contributed by atoms with Crippen molar-refractivity contribution in [3.8, 4) is 0 Å². The highest BCUT2D eigenvalue weighted by Gasteiger charge is 2.52. The zero-order valence-electron chi connectivity index (χ0n) is 19.9. The van der Waals surface area contributed by atoms with Gasteiger partial charge in [-0.05, 0) is 52.0 Å². The molecule has 2 aromatic heterocycles. The monoisotopic (exact) mass is 473 g/mol. The number of halogens is 1. The number of esters is 1. The van der Waals surface area contributed by atoms with E-state index in [1.54, 1.807) is 6.20 Å². The fourth-order valence-electron chi connectivity index (χ4n) is 5.47. The number of aromatic nitrogens is 2. The van der Waals surface area contributed by atoms with Gasteiger partial charge in [-0.3, -0.25) is 0 Å². The number of cyclic esters (lactones) is 1. The molecule has 4 aromatic rings. The summed E-state index contributed by atoms with van der Waals surface area (Å²) in [5.74, 6) is -0.438. The van der Waals surface area contributed by atoms with E-state index < -0.39 is 11.6 Å². The van der Waals surface area contributed by atoms with Gasteiger partial charge in [0.25, 0.3) is 0 Å². The second-order valence-corrected chi connectivity index (χ2v) is 8.94. The average Bonchev–Trinajstić information content (AvgIpc) is 3.31. The fraction of sp³-hybridized carbons (Fsp3) is 0.286. The number of nitrogens with zero attached hydrogens (tertiary/aromatic N) is 3. The van der Waals surface area contributed by atoms with E-state index in [2.05, 4.69) is 60.3 Å². The van der Waals surface area contributed by atoms with E-state index in [0.717, 1.165) is 58.6 Å². The molecule has 3 heterocycles. The van der Waals surface area contributed by atoms with E-state index in [1.807, 2.05) is 36.4 Å². The molecular weight excluding hydrogens is 446 g/mol. The quantitative estimate of drug-likeness (QED) is 0.307. The minimum absolute atomic E-state index is 0.333. The molecular formula is C28H28ClN3O2. The predicted octanol–water partition coefficient (Wildman–Crippen LogP) is 6.33. The largest absolute Gasteiger partial charge is 0.439 e. The number of anilines is 1. The number of hydrogen-bond acceptors (Lipinski definition) is 4. The molecule has 0 spiro atoms. The van der Waals surface area contributed by atoms with Gasteiger partial charge in [0.05, 0.1) is 5.02 Å². The molecule has 0 saturated carbocycles. The van der Waals surface area contributed by atoms with Crippen LogP contribution in [0.25, 0.3) is 10.9 Å². The van der Waals surface area contributed by atoms with Gasteiger partial charge in [-0.15, -0.1) is 0 Å². The third-order valence-electron chi connectivity index (χ3n) is 6.99. The van der Waals surface area contributed by atoms with E-state index in [4.69, 9.17) is 16.3 Å². The van der Waals surface area contributed by atoms with Crippen LogP contribution in [0.5, 0.6) is 0 Å². The number of hydrogen-bond donors (Lipinski definition) is 0. The summed E-state index contributed by atoms with van der Waals surface area (Å²) in [5, 5.41) is 1.59. The van der Waals surface area contributed by atoms with Gasteiger partial charge < -0.3 is 14.2 Å². The van der Waals surface area contributed by atoms with Crippen molar-refractivity contribution in [1.82, 2.24) is 9.55 Å². The van der Waals surface area contributed by atoms with Crippen LogP contribution in [0.4, 0.5) is 5.69 Å². The van der Waals surface area contributed by atoms with E-state index in [0.29, 0.717) is 10.7 Å². The summed E-state index contributed by atoms with van der Waals surface area (Å²) < 4.78 is 8.62. The Bertz CT molecular complexity index is 1410. The first-order valence-electron chi connectivity index (χ1n) is 11.8. The lowest BCUT2D eigenvalue weighted by Gasteiger charge is -2.32. The molecule has 5 nitrogen and oxygen atoms in total. The molecule has 0 aliphatic carbocycles. The summed E-state index contributed by atoms with van der Waals surface area (Å²) in [7, 11) is 0. The summed E-state index contributed by atoms with van der Waals surface area (Å²) in [5.41, 5.74) is 4.72. The highest BCUT2D eigenvalue weighted by molar-refractivity contribution is 6.32. The molecule has 5 rings (SSSR count). The van der Waals surface area contributed by atoms with Gasteiger partial charge in [0.15, 0.2) is 11.3 Å². The first-order valence-corrected chi connectivity index (χ1v) is 12.2. The van der Waals surface area contributed by atoms with Gasteiger partial charge in [-0.2, -0.15) is 0 Å². The summed E-state index contributed by atoms with van der Waals surface area (Å²) in [6.45, 7) is 11.0. The first kappa shape index (κ1) is 22.5. The molecule has 0 saturated heterocycles. The van der Waals surface area contributed by atoms with E-state index in [9.17, 15) is 4.79 Å². The van der Waals surface area contributed by atoms with Crippen LogP contribution in [-0.4, -0.2) is 28.6 Å². The van der Waals surface area contributed by atoms with Crippen LogP contribution in [0.1, 0.15) is 53.6 Å². The van der Waals surface area contributed by atoms with Crippen LogP contribution >= 0.6 is 11.6 Å². The van der Waals surface area contributed by atoms with Crippen molar-refractivity contribution >= 4 is 34.2 Å². The fourth-order valence-corrected chi connectivity index (χ4v) is 5.78. The lowest BCUT2D eigenvalue weighted by Crippen LogP contribution is -2.31. The van der Waals surface area contributed by atoms with Crippen molar-refractivity contribution in [3.05, 3.63) is 93.9 Å². The SMILES string of the molecule is CCN(CC)c1ccc(C2(c3c(C)n(CC)c4ccccc34)OC(=O)c3ncccc32)c(Cl)c1. The summed E-state index contributed by atoms with van der Waals surface area (Å²) in [6.07, 6.45) is 1.63. The maximum Gasteiger partial charge on any atom is 0.358 e. The number of ether oxygens (including phenoxy) is 1. The molecule has 0 N–H and O–H groups in total.